The molecule has 0 saturated heterocycles. The minimum atomic E-state index is -0.219. The van der Waals surface area contributed by atoms with Crippen LogP contribution in [0.2, 0.25) is 4.82 Å². The number of methoxy groups -OCH3 is 1. The zero-order chi connectivity index (χ0) is 10.4. The van der Waals surface area contributed by atoms with E-state index in [2.05, 4.69) is 4.74 Å². The van der Waals surface area contributed by atoms with Crippen LogP contribution in [0.5, 0.6) is 0 Å². The fourth-order valence-electron chi connectivity index (χ4n) is 0.937. The van der Waals surface area contributed by atoms with Crippen LogP contribution in [-0.4, -0.2) is 33.9 Å². The summed E-state index contributed by atoms with van der Waals surface area (Å²) >= 11 is 5.76. The predicted molar refractivity (Wildman–Crippen MR) is 58.3 cm³/mol. The Morgan fingerprint density at radius 2 is 2.14 bits per heavy atom. The zero-order valence-corrected chi connectivity index (χ0v) is 10.2. The van der Waals surface area contributed by atoms with Crippen molar-refractivity contribution >= 4 is 37.0 Å². The molecule has 1 aromatic carbocycles. The molecule has 1 unspecified atom stereocenters. The topological polar surface area (TPSA) is 26.3 Å². The molecule has 0 amide bonds. The van der Waals surface area contributed by atoms with E-state index in [1.807, 2.05) is 30.3 Å². The number of ether oxygens (including phenoxy) is 1. The summed E-state index contributed by atoms with van der Waals surface area (Å²) in [5, 5.41) is 0. The van der Waals surface area contributed by atoms with Gasteiger partial charge in [-0.2, -0.15) is 0 Å². The van der Waals surface area contributed by atoms with Gasteiger partial charge in [0.05, 0.1) is 0 Å². The number of hydrogen-bond acceptors (Lipinski definition) is 2. The van der Waals surface area contributed by atoms with E-state index in [0.29, 0.717) is 5.88 Å². The molecule has 0 aliphatic rings. The Hall–Kier alpha value is -0.501. The molecule has 0 aliphatic carbocycles. The van der Waals surface area contributed by atoms with Crippen molar-refractivity contribution in [3.63, 3.8) is 0 Å². The van der Waals surface area contributed by atoms with Crippen molar-refractivity contribution in [1.29, 1.82) is 0 Å². The van der Waals surface area contributed by atoms with Crippen LogP contribution in [0.25, 0.3) is 0 Å². The second-order valence-electron chi connectivity index (χ2n) is 2.60. The summed E-state index contributed by atoms with van der Waals surface area (Å²) in [6.45, 7) is 0. The van der Waals surface area contributed by atoms with Crippen LogP contribution >= 0.6 is 11.6 Å². The average molecular weight is 278 g/mol. The Morgan fingerprint density at radius 3 is 2.64 bits per heavy atom. The molecule has 0 aliphatic heterocycles. The number of hydrogen-bond donors (Lipinski definition) is 0. The van der Waals surface area contributed by atoms with E-state index in [0.717, 1.165) is 4.46 Å². The van der Waals surface area contributed by atoms with Crippen molar-refractivity contribution < 1.29 is 9.53 Å². The molecule has 1 aromatic rings. The third-order valence-electron chi connectivity index (χ3n) is 1.63. The molecule has 0 spiro atoms. The first-order valence-electron chi connectivity index (χ1n) is 4.13. The molecule has 0 radical (unpaired) electrons. The Bertz CT molecular complexity index is 289. The van der Waals surface area contributed by atoms with E-state index in [-0.39, 0.29) is 25.7 Å². The number of carbonyl (C=O) groups excluding carboxylic acids is 1. The summed E-state index contributed by atoms with van der Waals surface area (Å²) in [7, 11) is 1.39. The molecule has 0 saturated carbocycles. The molecule has 0 N–H and O–H groups in total. The van der Waals surface area contributed by atoms with E-state index in [9.17, 15) is 4.79 Å². The van der Waals surface area contributed by atoms with Gasteiger partial charge in [-0.05, 0) is 0 Å². The van der Waals surface area contributed by atoms with E-state index in [1.165, 1.54) is 7.11 Å². The molecule has 2 nitrogen and oxygen atoms in total. The predicted octanol–water partition coefficient (Wildman–Crippen LogP) is 1.22. The number of esters is 1. The number of alkyl halides is 1. The van der Waals surface area contributed by atoms with Gasteiger partial charge >= 0.3 is 94.7 Å². The molecule has 14 heavy (non-hydrogen) atoms. The minimum absolute atomic E-state index is 0.0517. The molecule has 0 bridgehead atoms. The number of halogens is 1. The van der Waals surface area contributed by atoms with Gasteiger partial charge < -0.3 is 0 Å². The van der Waals surface area contributed by atoms with Crippen molar-refractivity contribution in [1.82, 2.24) is 0 Å². The summed E-state index contributed by atoms with van der Waals surface area (Å²) in [6, 6.07) is 9.87. The molecule has 4 heteroatoms. The molecule has 0 heterocycles. The van der Waals surface area contributed by atoms with Gasteiger partial charge in [0.15, 0.2) is 0 Å². The summed E-state index contributed by atoms with van der Waals surface area (Å²) in [5.41, 5.74) is 0. The van der Waals surface area contributed by atoms with Gasteiger partial charge in [0, 0.05) is 0 Å². The first kappa shape index (κ1) is 11.6. The first-order chi connectivity index (χ1) is 6.77. The van der Waals surface area contributed by atoms with Crippen LogP contribution in [0, 0.1) is 0 Å². The van der Waals surface area contributed by atoms with E-state index in [4.69, 9.17) is 11.6 Å². The van der Waals surface area contributed by atoms with Crippen LogP contribution in [0.3, 0.4) is 0 Å². The monoisotopic (exact) mass is 278 g/mol. The van der Waals surface area contributed by atoms with Crippen molar-refractivity contribution in [3.05, 3.63) is 30.3 Å². The van der Waals surface area contributed by atoms with E-state index < -0.39 is 0 Å². The molecule has 1 atom stereocenters. The van der Waals surface area contributed by atoms with E-state index >= 15 is 0 Å². The number of rotatable bonds is 4. The Morgan fingerprint density at radius 1 is 1.50 bits per heavy atom. The van der Waals surface area contributed by atoms with E-state index in [1.54, 1.807) is 0 Å². The summed E-state index contributed by atoms with van der Waals surface area (Å²) in [5.74, 6) is 0.102. The van der Waals surface area contributed by atoms with Gasteiger partial charge in [0.1, 0.15) is 0 Å². The van der Waals surface area contributed by atoms with Crippen molar-refractivity contribution in [2.24, 2.45) is 0 Å². The van der Waals surface area contributed by atoms with Gasteiger partial charge in [0.2, 0.25) is 0 Å². The van der Waals surface area contributed by atoms with Gasteiger partial charge in [0.25, 0.3) is 0 Å². The molecular weight excluding hydrogens is 267 g/mol. The van der Waals surface area contributed by atoms with Crippen molar-refractivity contribution in [2.45, 2.75) is 4.82 Å². The second-order valence-corrected chi connectivity index (χ2v) is 5.58. The van der Waals surface area contributed by atoms with Crippen LogP contribution in [0.1, 0.15) is 0 Å². The van der Waals surface area contributed by atoms with Gasteiger partial charge in [-0.25, -0.2) is 0 Å². The van der Waals surface area contributed by atoms with Crippen LogP contribution < -0.4 is 4.46 Å². The number of carbonyl (C=O) groups is 1. The van der Waals surface area contributed by atoms with Crippen molar-refractivity contribution in [2.75, 3.05) is 13.0 Å². The quantitative estimate of drug-likeness (QED) is 0.470. The molecule has 0 fully saturated rings. The fraction of sp³-hybridized carbons (Fsp3) is 0.300. The average Bonchev–Trinajstić information content (AvgIpc) is 2.26. The third-order valence-corrected chi connectivity index (χ3v) is 4.84. The fourth-order valence-corrected chi connectivity index (χ4v) is 3.28. The second kappa shape index (κ2) is 6.07. The van der Waals surface area contributed by atoms with Crippen molar-refractivity contribution in [3.8, 4) is 0 Å². The molecule has 76 valence electrons. The van der Waals surface area contributed by atoms with Gasteiger partial charge in [-0.3, -0.25) is 0 Å². The number of benzene rings is 1. The molecule has 1 rings (SSSR count). The van der Waals surface area contributed by atoms with Gasteiger partial charge in [-0.15, -0.1) is 0 Å². The van der Waals surface area contributed by atoms with Gasteiger partial charge in [-0.1, -0.05) is 0 Å². The van der Waals surface area contributed by atoms with Crippen LogP contribution in [0.4, 0.5) is 0 Å². The Labute approximate surface area is 94.8 Å². The molecule has 0 aromatic heterocycles. The Balaban J connectivity index is 2.62. The normalized spacial score (nSPS) is 12.1. The van der Waals surface area contributed by atoms with Crippen LogP contribution in [-0.2, 0) is 9.53 Å². The third kappa shape index (κ3) is 3.33. The first-order valence-corrected chi connectivity index (χ1v) is 6.51. The zero-order valence-electron chi connectivity index (χ0n) is 7.77. The summed E-state index contributed by atoms with van der Waals surface area (Å²) < 4.78 is 5.83. The SMILES string of the molecule is COC(=O)C(CCl)[Se]c1ccccc1. The summed E-state index contributed by atoms with van der Waals surface area (Å²) in [4.78, 5) is 11.1. The van der Waals surface area contributed by atoms with Crippen LogP contribution in [0.15, 0.2) is 30.3 Å². The maximum atomic E-state index is 11.3. The summed E-state index contributed by atoms with van der Waals surface area (Å²) in [6.07, 6.45) is 0. The standard InChI is InChI=1S/C10H11ClO2Se/c1-13-10(12)9(7-11)14-8-5-3-2-4-6-8/h2-6,9H,7H2,1H3. The maximum absolute atomic E-state index is 11.3. The Kier molecular flexibility index (Phi) is 5.02. The molecular formula is C10H11ClO2Se.